The summed E-state index contributed by atoms with van der Waals surface area (Å²) in [5.74, 6) is -0.651. The van der Waals surface area contributed by atoms with Crippen molar-refractivity contribution in [2.24, 2.45) is 10.8 Å². The molecule has 0 saturated carbocycles. The first kappa shape index (κ1) is 46.6. The quantitative estimate of drug-likeness (QED) is 0.303. The second kappa shape index (κ2) is 23.0. The van der Waals surface area contributed by atoms with Crippen molar-refractivity contribution < 1.29 is 38.2 Å². The number of nitrogens with zero attached hydrogens (tertiary/aromatic N) is 4. The van der Waals surface area contributed by atoms with Gasteiger partial charge in [0.2, 0.25) is 0 Å². The number of carbonyl (C=O) groups is 2. The van der Waals surface area contributed by atoms with Crippen molar-refractivity contribution >= 4 is 24.2 Å². The average Bonchev–Trinajstić information content (AvgIpc) is 2.95. The molecule has 13 nitrogen and oxygen atoms in total. The molecule has 0 spiro atoms. The number of carbonyl (C=O) groups excluding carboxylic acids is 6. The van der Waals surface area contributed by atoms with E-state index >= 15 is 0 Å². The van der Waals surface area contributed by atoms with E-state index in [9.17, 15) is 9.59 Å². The summed E-state index contributed by atoms with van der Waals surface area (Å²) in [6.45, 7) is 36.7. The van der Waals surface area contributed by atoms with Gasteiger partial charge in [0.1, 0.15) is 11.2 Å². The van der Waals surface area contributed by atoms with E-state index in [1.54, 1.807) is 0 Å². The molecule has 0 aromatic carbocycles. The molecule has 1 aliphatic rings. The van der Waals surface area contributed by atoms with Crippen LogP contribution in [0.5, 0.6) is 0 Å². The van der Waals surface area contributed by atoms with Crippen LogP contribution in [-0.2, 0) is 38.2 Å². The summed E-state index contributed by atoms with van der Waals surface area (Å²) in [6, 6.07) is 0. The van der Waals surface area contributed by atoms with Crippen LogP contribution in [0.2, 0.25) is 0 Å². The van der Waals surface area contributed by atoms with Crippen molar-refractivity contribution in [1.82, 2.24) is 24.9 Å². The van der Waals surface area contributed by atoms with Gasteiger partial charge in [-0.25, -0.2) is 0 Å². The third kappa shape index (κ3) is 31.8. The van der Waals surface area contributed by atoms with Gasteiger partial charge < -0.3 is 19.7 Å². The molecular weight excluding hydrogens is 606 g/mol. The van der Waals surface area contributed by atoms with E-state index in [1.165, 1.54) is 0 Å². The Balaban J connectivity index is 0. The van der Waals surface area contributed by atoms with Crippen LogP contribution in [0.1, 0.15) is 83.1 Å². The van der Waals surface area contributed by atoms with E-state index in [1.807, 2.05) is 46.4 Å². The highest BCUT2D eigenvalue weighted by Crippen LogP contribution is 2.21. The first-order valence-electron chi connectivity index (χ1n) is 16.5. The summed E-state index contributed by atoms with van der Waals surface area (Å²) in [7, 11) is 0. The van der Waals surface area contributed by atoms with E-state index in [0.29, 0.717) is 6.54 Å². The number of esters is 2. The predicted octanol–water partition coefficient (Wildman–Crippen LogP) is 2.41. The molecule has 0 aromatic rings. The lowest BCUT2D eigenvalue weighted by molar-refractivity contribution is -0.193. The highest BCUT2D eigenvalue weighted by Gasteiger charge is 2.25. The third-order valence-corrected chi connectivity index (χ3v) is 6.35. The van der Waals surface area contributed by atoms with Gasteiger partial charge in [-0.1, -0.05) is 41.5 Å². The molecule has 0 atom stereocenters. The molecule has 47 heavy (non-hydrogen) atoms. The first-order valence-corrected chi connectivity index (χ1v) is 16.5. The normalized spacial score (nSPS) is 15.4. The number of hydrogen-bond donors (Lipinski definition) is 1. The molecule has 1 N–H and O–H groups in total. The van der Waals surface area contributed by atoms with Gasteiger partial charge in [0.25, 0.3) is 0 Å². The van der Waals surface area contributed by atoms with E-state index in [-0.39, 0.29) is 48.2 Å². The van der Waals surface area contributed by atoms with Gasteiger partial charge in [-0.15, -0.1) is 0 Å². The molecule has 0 bridgehead atoms. The van der Waals surface area contributed by atoms with Crippen LogP contribution in [-0.4, -0.2) is 147 Å². The zero-order valence-corrected chi connectivity index (χ0v) is 31.5. The highest BCUT2D eigenvalue weighted by molar-refractivity contribution is 5.75. The van der Waals surface area contributed by atoms with Gasteiger partial charge in [-0.3, -0.25) is 24.3 Å². The van der Waals surface area contributed by atoms with Crippen molar-refractivity contribution in [2.75, 3.05) is 91.6 Å². The summed E-state index contributed by atoms with van der Waals surface area (Å²) in [4.78, 5) is 67.2. The molecule has 13 heteroatoms. The second-order valence-electron chi connectivity index (χ2n) is 16.3. The fourth-order valence-electron chi connectivity index (χ4n) is 5.00. The first-order chi connectivity index (χ1) is 21.4. The van der Waals surface area contributed by atoms with Crippen LogP contribution in [0.25, 0.3) is 0 Å². The Hall–Kier alpha value is -2.50. The number of nitrogens with one attached hydrogen (secondary N) is 1. The lowest BCUT2D eigenvalue weighted by Gasteiger charge is -2.36. The van der Waals surface area contributed by atoms with Crippen LogP contribution in [0.15, 0.2) is 0 Å². The summed E-state index contributed by atoms with van der Waals surface area (Å²) in [6.07, 6.45) is 0.500. The second-order valence-corrected chi connectivity index (χ2v) is 16.3. The largest absolute Gasteiger partial charge is 0.459 e. The maximum Gasteiger partial charge on any atom is 0.373 e. The van der Waals surface area contributed by atoms with E-state index in [0.717, 1.165) is 72.0 Å². The molecule has 1 saturated heterocycles. The van der Waals surface area contributed by atoms with Crippen molar-refractivity contribution in [3.63, 3.8) is 0 Å². The van der Waals surface area contributed by atoms with Gasteiger partial charge >= 0.3 is 24.2 Å². The van der Waals surface area contributed by atoms with Gasteiger partial charge in [-0.2, -0.15) is 19.2 Å². The van der Waals surface area contributed by atoms with Crippen molar-refractivity contribution in [1.29, 1.82) is 0 Å². The summed E-state index contributed by atoms with van der Waals surface area (Å²) >= 11 is 0. The summed E-state index contributed by atoms with van der Waals surface area (Å²) < 4.78 is 11.1. The Morgan fingerprint density at radius 1 is 0.596 bits per heavy atom. The summed E-state index contributed by atoms with van der Waals surface area (Å²) in [5, 5.41) is 3.60. The molecule has 0 amide bonds. The van der Waals surface area contributed by atoms with Crippen LogP contribution >= 0.6 is 0 Å². The minimum atomic E-state index is -0.569. The molecule has 0 aromatic heterocycles. The van der Waals surface area contributed by atoms with Gasteiger partial charge in [-0.05, 0) is 52.4 Å². The van der Waals surface area contributed by atoms with Crippen molar-refractivity contribution in [3.05, 3.63) is 0 Å². The molecular formula is C34H65N5O8. The smallest absolute Gasteiger partial charge is 0.373 e. The Morgan fingerprint density at radius 3 is 1.21 bits per heavy atom. The van der Waals surface area contributed by atoms with Crippen molar-refractivity contribution in [3.8, 4) is 0 Å². The van der Waals surface area contributed by atoms with Crippen LogP contribution in [0, 0.1) is 10.8 Å². The lowest BCUT2D eigenvalue weighted by Crippen LogP contribution is -2.46. The molecule has 1 rings (SSSR count). The molecule has 0 radical (unpaired) electrons. The molecule has 0 unspecified atom stereocenters. The maximum atomic E-state index is 12.6. The molecule has 1 fully saturated rings. The minimum absolute atomic E-state index is 0.0616. The van der Waals surface area contributed by atoms with Gasteiger partial charge in [0, 0.05) is 78.5 Å². The van der Waals surface area contributed by atoms with E-state index in [2.05, 4.69) is 61.6 Å². The Labute approximate surface area is 284 Å². The Bertz CT molecular complexity index is 894. The average molecular weight is 672 g/mol. The van der Waals surface area contributed by atoms with Crippen LogP contribution in [0.4, 0.5) is 0 Å². The SMILES string of the molecule is CC(C)(C)CN(CCN1CCNCCN(CCN(CC(=O)OC(C)(C)C)CC(=O)OC(C)(C)C)CC1)CC(C)(C)C.O=C=O.O=C=O. The molecule has 0 aliphatic carbocycles. The summed E-state index contributed by atoms with van der Waals surface area (Å²) in [5.41, 5.74) is -0.607. The van der Waals surface area contributed by atoms with E-state index < -0.39 is 11.2 Å². The Morgan fingerprint density at radius 2 is 0.915 bits per heavy atom. The topological polar surface area (TPSA) is 146 Å². The van der Waals surface area contributed by atoms with Crippen LogP contribution in [0.3, 0.4) is 0 Å². The third-order valence-electron chi connectivity index (χ3n) is 6.35. The van der Waals surface area contributed by atoms with Gasteiger partial charge in [0.05, 0.1) is 13.1 Å². The number of ether oxygens (including phenoxy) is 2. The monoisotopic (exact) mass is 671 g/mol. The van der Waals surface area contributed by atoms with Gasteiger partial charge in [0.15, 0.2) is 0 Å². The van der Waals surface area contributed by atoms with Crippen molar-refractivity contribution in [2.45, 2.75) is 94.3 Å². The fourth-order valence-corrected chi connectivity index (χ4v) is 5.00. The molecule has 1 aliphatic heterocycles. The molecule has 1 heterocycles. The number of hydrogen-bond acceptors (Lipinski definition) is 13. The minimum Gasteiger partial charge on any atom is -0.459 e. The van der Waals surface area contributed by atoms with E-state index in [4.69, 9.17) is 28.7 Å². The predicted molar refractivity (Wildman–Crippen MR) is 179 cm³/mol. The maximum absolute atomic E-state index is 12.6. The molecule has 274 valence electrons. The zero-order valence-electron chi connectivity index (χ0n) is 31.5. The highest BCUT2D eigenvalue weighted by atomic mass is 16.6. The Kier molecular flexibility index (Phi) is 22.8. The number of rotatable bonds is 12. The standard InChI is InChI=1S/C32H65N5O4.2CO2/c1-29(2,3)25-37(26-30(4,5)6)22-20-35-16-14-33-13-15-34(17-18-35)19-21-36(23-27(38)40-31(7,8)9)24-28(39)41-32(10,11)12;2*2-1-3/h33H,13-26H2,1-12H3;;. The lowest BCUT2D eigenvalue weighted by atomic mass is 9.92. The van der Waals surface area contributed by atoms with Crippen LogP contribution < -0.4 is 5.32 Å². The zero-order chi connectivity index (χ0) is 36.9. The fraction of sp³-hybridized carbons (Fsp3) is 0.882.